The van der Waals surface area contributed by atoms with Crippen molar-refractivity contribution in [2.24, 2.45) is 11.8 Å². The molecule has 0 unspecified atom stereocenters. The molecule has 0 saturated carbocycles. The normalized spacial score (nSPS) is 20.9. The summed E-state index contributed by atoms with van der Waals surface area (Å²) in [6.45, 7) is 14.8. The van der Waals surface area contributed by atoms with E-state index in [1.165, 1.54) is 26.4 Å². The van der Waals surface area contributed by atoms with Gasteiger partial charge in [-0.1, -0.05) is 60.6 Å². The topological polar surface area (TPSA) is 178 Å². The number of aromatic nitrogens is 4. The van der Waals surface area contributed by atoms with E-state index in [0.29, 0.717) is 61.5 Å². The third kappa shape index (κ3) is 9.25. The molecule has 3 saturated heterocycles. The number of benzene rings is 3. The summed E-state index contributed by atoms with van der Waals surface area (Å²) >= 11 is 0. The number of hydrogen-bond donors (Lipinski definition) is 4. The molecule has 15 nitrogen and oxygen atoms in total. The molecule has 4 N–H and O–H groups in total. The van der Waals surface area contributed by atoms with Gasteiger partial charge < -0.3 is 44.8 Å². The van der Waals surface area contributed by atoms with Gasteiger partial charge in [0.15, 0.2) is 11.6 Å². The van der Waals surface area contributed by atoms with Gasteiger partial charge in [0.05, 0.1) is 49.4 Å². The van der Waals surface area contributed by atoms with E-state index in [1.54, 1.807) is 9.80 Å². The van der Waals surface area contributed by atoms with Crippen LogP contribution in [0.5, 0.6) is 0 Å². The van der Waals surface area contributed by atoms with Gasteiger partial charge in [0.2, 0.25) is 11.8 Å². The van der Waals surface area contributed by atoms with E-state index in [1.807, 2.05) is 39.8 Å². The van der Waals surface area contributed by atoms with E-state index in [-0.39, 0.29) is 52.2 Å². The van der Waals surface area contributed by atoms with Crippen LogP contribution in [0.1, 0.15) is 139 Å². The Labute approximate surface area is 389 Å². The molecular weight excluding hydrogens is 861 g/mol. The molecule has 0 bridgehead atoms. The molecule has 8 rings (SSSR count). The molecule has 3 aliphatic heterocycles. The molecule has 6 atom stereocenters. The molecule has 5 heterocycles. The van der Waals surface area contributed by atoms with Gasteiger partial charge in [-0.15, -0.1) is 0 Å². The first-order chi connectivity index (χ1) is 31.9. The Morgan fingerprint density at radius 3 is 1.45 bits per heavy atom. The van der Waals surface area contributed by atoms with E-state index in [2.05, 4.69) is 70.5 Å². The third-order valence-corrected chi connectivity index (χ3v) is 13.8. The molecule has 3 aromatic carbocycles. The Morgan fingerprint density at radius 2 is 1.07 bits per heavy atom. The van der Waals surface area contributed by atoms with Crippen molar-refractivity contribution in [1.82, 2.24) is 40.4 Å². The number of aromatic amines is 2. The van der Waals surface area contributed by atoms with E-state index >= 15 is 8.78 Å². The number of methoxy groups -OCH3 is 2. The Morgan fingerprint density at radius 1 is 0.657 bits per heavy atom. The van der Waals surface area contributed by atoms with Crippen LogP contribution in [-0.2, 0) is 24.5 Å². The summed E-state index contributed by atoms with van der Waals surface area (Å²) < 4.78 is 42.5. The van der Waals surface area contributed by atoms with Crippen LogP contribution in [0.25, 0.3) is 22.1 Å². The number of carbonyl (C=O) groups is 4. The zero-order valence-corrected chi connectivity index (χ0v) is 39.8. The fourth-order valence-corrected chi connectivity index (χ4v) is 10.3. The number of H-pyrrole nitrogens is 2. The molecule has 358 valence electrons. The van der Waals surface area contributed by atoms with Crippen molar-refractivity contribution >= 4 is 51.8 Å². The monoisotopic (exact) mass is 923 g/mol. The highest BCUT2D eigenvalue weighted by Crippen LogP contribution is 2.49. The molecule has 67 heavy (non-hydrogen) atoms. The van der Waals surface area contributed by atoms with Gasteiger partial charge >= 0.3 is 12.2 Å². The molecule has 0 radical (unpaired) electrons. The Bertz CT molecular complexity index is 2510. The first-order valence-electron chi connectivity index (χ1n) is 23.4. The fourth-order valence-electron chi connectivity index (χ4n) is 10.3. The quantitative estimate of drug-likeness (QED) is 0.101. The van der Waals surface area contributed by atoms with Gasteiger partial charge in [-0.25, -0.2) is 28.3 Å². The lowest BCUT2D eigenvalue weighted by Gasteiger charge is -2.34. The van der Waals surface area contributed by atoms with Gasteiger partial charge in [-0.05, 0) is 109 Å². The second-order valence-electron chi connectivity index (χ2n) is 19.9. The Balaban J connectivity index is 1.12. The van der Waals surface area contributed by atoms with Crippen LogP contribution in [0, 0.1) is 23.5 Å². The van der Waals surface area contributed by atoms with Crippen LogP contribution < -0.4 is 15.5 Å². The molecule has 3 fully saturated rings. The molecule has 0 spiro atoms. The van der Waals surface area contributed by atoms with Crippen LogP contribution in [0.15, 0.2) is 48.5 Å². The average Bonchev–Trinajstić information content (AvgIpc) is 4.15. The van der Waals surface area contributed by atoms with Gasteiger partial charge in [-0.2, -0.15) is 0 Å². The summed E-state index contributed by atoms with van der Waals surface area (Å²) in [5.74, 6) is -0.965. The number of hydrogen-bond acceptors (Lipinski definition) is 9. The van der Waals surface area contributed by atoms with Gasteiger partial charge in [0, 0.05) is 18.8 Å². The summed E-state index contributed by atoms with van der Waals surface area (Å²) in [5.41, 5.74) is 4.75. The first kappa shape index (κ1) is 47.2. The predicted octanol–water partition coefficient (Wildman–Crippen LogP) is 9.19. The number of fused-ring (bicyclic) bond motifs is 2. The highest BCUT2D eigenvalue weighted by Gasteiger charge is 2.41. The zero-order valence-electron chi connectivity index (χ0n) is 39.8. The second kappa shape index (κ2) is 18.8. The smallest absolute Gasteiger partial charge is 0.407 e. The predicted molar refractivity (Wildman–Crippen MR) is 250 cm³/mol. The molecular formula is C50H63F2N9O6. The van der Waals surface area contributed by atoms with Gasteiger partial charge in [-0.3, -0.25) is 9.59 Å². The number of imidazole rings is 2. The number of anilines is 1. The van der Waals surface area contributed by atoms with Crippen molar-refractivity contribution < 1.29 is 37.4 Å². The second-order valence-corrected chi connectivity index (χ2v) is 19.9. The maximum absolute atomic E-state index is 16.4. The fraction of sp³-hybridized carbons (Fsp3) is 0.520. The van der Waals surface area contributed by atoms with E-state index in [0.717, 1.165) is 35.2 Å². The SMILES string of the molecule is COC(=O)N[C@H](C(=O)N1CCC[C@H]1c1nc2c(F)cc([C@H]3CC[C@H](c4cc(F)c5nc([C@@H]6CCCN6C(=O)[C@@H](NC(=O)OC)C(C)C)[nH]c5c4)N3c3ccc(C(C)(C)C)cc3)cc2[nH]1)C(C)C. The summed E-state index contributed by atoms with van der Waals surface area (Å²) in [7, 11) is 2.51. The number of nitrogens with zero attached hydrogens (tertiary/aromatic N) is 5. The van der Waals surface area contributed by atoms with E-state index in [4.69, 9.17) is 19.4 Å². The molecule has 2 aromatic heterocycles. The number of ether oxygens (including phenoxy) is 2. The standard InChI is InChI=1S/C50H63F2N9O6/c1-26(2)40(57-48(64)66-8)46(62)59-20-10-12-38(59)44-53-34-24-28(22-32(51)42(34)55-44)36-18-19-37(61(36)31-16-14-30(15-17-31)50(5,6)7)29-23-33(52)43-35(25-29)54-45(56-43)39-13-11-21-60(39)47(63)41(27(3)4)58-49(65)67-9/h14-17,22-27,36-41H,10-13,18-21H2,1-9H3,(H,53,55)(H,54,56)(H,57,64)(H,58,65)/t36-,37-,38+,39+,40+,41+/m1/s1. The van der Waals surface area contributed by atoms with Crippen LogP contribution >= 0.6 is 0 Å². The largest absolute Gasteiger partial charge is 0.453 e. The Hall–Kier alpha value is -6.26. The highest BCUT2D eigenvalue weighted by molar-refractivity contribution is 5.88. The molecule has 17 heteroatoms. The number of amides is 4. The van der Waals surface area contributed by atoms with Gasteiger partial charge in [0.25, 0.3) is 0 Å². The molecule has 0 aliphatic carbocycles. The van der Waals surface area contributed by atoms with Crippen molar-refractivity contribution in [3.05, 3.63) is 88.5 Å². The summed E-state index contributed by atoms with van der Waals surface area (Å²) in [6, 6.07) is 12.2. The van der Waals surface area contributed by atoms with Crippen molar-refractivity contribution in [1.29, 1.82) is 0 Å². The van der Waals surface area contributed by atoms with Crippen LogP contribution in [-0.4, -0.2) is 93.1 Å². The zero-order chi connectivity index (χ0) is 48.1. The minimum atomic E-state index is -0.807. The molecule has 3 aliphatic rings. The van der Waals surface area contributed by atoms with Crippen LogP contribution in [0.2, 0.25) is 0 Å². The third-order valence-electron chi connectivity index (χ3n) is 13.8. The highest BCUT2D eigenvalue weighted by atomic mass is 19.1. The van der Waals surface area contributed by atoms with Crippen molar-refractivity contribution in [3.63, 3.8) is 0 Å². The number of rotatable bonds is 11. The summed E-state index contributed by atoms with van der Waals surface area (Å²) in [5, 5.41) is 5.35. The average molecular weight is 924 g/mol. The van der Waals surface area contributed by atoms with Crippen molar-refractivity contribution in [2.45, 2.75) is 129 Å². The van der Waals surface area contributed by atoms with E-state index in [9.17, 15) is 19.2 Å². The maximum atomic E-state index is 16.4. The Kier molecular flexibility index (Phi) is 13.2. The molecule has 4 amide bonds. The number of alkyl carbamates (subject to hydrolysis) is 2. The first-order valence-corrected chi connectivity index (χ1v) is 23.4. The summed E-state index contributed by atoms with van der Waals surface area (Å²) in [6.07, 6.45) is 2.57. The van der Waals surface area contributed by atoms with Crippen molar-refractivity contribution in [2.75, 3.05) is 32.2 Å². The van der Waals surface area contributed by atoms with E-state index < -0.39 is 48.0 Å². The lowest BCUT2D eigenvalue weighted by Crippen LogP contribution is -2.51. The number of likely N-dealkylation sites (tertiary alicyclic amines) is 2. The lowest BCUT2D eigenvalue weighted by atomic mass is 9.87. The maximum Gasteiger partial charge on any atom is 0.407 e. The van der Waals surface area contributed by atoms with Crippen LogP contribution in [0.3, 0.4) is 0 Å². The lowest BCUT2D eigenvalue weighted by molar-refractivity contribution is -0.136. The number of nitrogens with one attached hydrogen (secondary N) is 4. The number of carbonyl (C=O) groups excluding carboxylic acids is 4. The summed E-state index contributed by atoms with van der Waals surface area (Å²) in [4.78, 5) is 73.9. The van der Waals surface area contributed by atoms with Crippen molar-refractivity contribution in [3.8, 4) is 0 Å². The minimum Gasteiger partial charge on any atom is -0.453 e. The molecule has 5 aromatic rings. The van der Waals surface area contributed by atoms with Crippen LogP contribution in [0.4, 0.5) is 24.1 Å². The minimum absolute atomic E-state index is 0.0958. The van der Waals surface area contributed by atoms with Gasteiger partial charge in [0.1, 0.15) is 34.8 Å². The number of halogens is 2.